The summed E-state index contributed by atoms with van der Waals surface area (Å²) >= 11 is 6.00. The molecule has 1 aliphatic rings. The predicted octanol–water partition coefficient (Wildman–Crippen LogP) is 2.80. The van der Waals surface area contributed by atoms with Gasteiger partial charge in [-0.2, -0.15) is 0 Å². The van der Waals surface area contributed by atoms with E-state index in [0.717, 1.165) is 10.4 Å². The number of anilines is 2. The summed E-state index contributed by atoms with van der Waals surface area (Å²) in [5.74, 6) is -0.573. The number of hydrogen-bond donors (Lipinski definition) is 1. The van der Waals surface area contributed by atoms with Crippen LogP contribution >= 0.6 is 11.6 Å². The van der Waals surface area contributed by atoms with E-state index in [1.165, 1.54) is 19.1 Å². The number of ether oxygens (including phenoxy) is 1. The third kappa shape index (κ3) is 3.87. The van der Waals surface area contributed by atoms with Crippen LogP contribution in [0.3, 0.4) is 0 Å². The highest BCUT2D eigenvalue weighted by Crippen LogP contribution is 2.35. The molecule has 0 radical (unpaired) electrons. The largest absolute Gasteiger partial charge is 0.476 e. The van der Waals surface area contributed by atoms with Crippen LogP contribution in [0.1, 0.15) is 6.92 Å². The van der Waals surface area contributed by atoms with Crippen molar-refractivity contribution in [1.82, 2.24) is 0 Å². The van der Waals surface area contributed by atoms with Gasteiger partial charge in [-0.05, 0) is 25.1 Å². The van der Waals surface area contributed by atoms with Crippen molar-refractivity contribution in [3.63, 3.8) is 0 Å². The van der Waals surface area contributed by atoms with Gasteiger partial charge in [-0.1, -0.05) is 23.7 Å². The molecule has 0 unspecified atom stereocenters. The first-order chi connectivity index (χ1) is 13.2. The second-order valence-corrected chi connectivity index (χ2v) is 8.51. The number of amides is 1. The van der Waals surface area contributed by atoms with Gasteiger partial charge >= 0.3 is 0 Å². The number of rotatable bonds is 5. The number of carbonyl (C=O) groups is 1. The van der Waals surface area contributed by atoms with Crippen molar-refractivity contribution in [3.05, 3.63) is 57.6 Å². The number of para-hydroxylation sites is 2. The molecule has 148 valence electrons. The van der Waals surface area contributed by atoms with Crippen LogP contribution in [-0.4, -0.2) is 37.6 Å². The summed E-state index contributed by atoms with van der Waals surface area (Å²) in [6.07, 6.45) is -1.16. The summed E-state index contributed by atoms with van der Waals surface area (Å²) in [6.45, 7) is 1.27. The minimum absolute atomic E-state index is 0.0354. The van der Waals surface area contributed by atoms with E-state index in [-0.39, 0.29) is 34.4 Å². The quantitative estimate of drug-likeness (QED) is 0.581. The Labute approximate surface area is 166 Å². The van der Waals surface area contributed by atoms with Crippen molar-refractivity contribution in [2.45, 2.75) is 13.0 Å². The van der Waals surface area contributed by atoms with Crippen molar-refractivity contribution >= 4 is 44.6 Å². The first kappa shape index (κ1) is 19.9. The number of fused-ring (bicyclic) bond motifs is 1. The maximum absolute atomic E-state index is 12.7. The molecule has 1 aliphatic heterocycles. The van der Waals surface area contributed by atoms with Gasteiger partial charge in [0.15, 0.2) is 6.10 Å². The van der Waals surface area contributed by atoms with Gasteiger partial charge in [0.25, 0.3) is 11.6 Å². The van der Waals surface area contributed by atoms with Gasteiger partial charge in [0.2, 0.25) is 10.0 Å². The molecule has 0 aromatic heterocycles. The molecule has 0 saturated heterocycles. The maximum atomic E-state index is 12.7. The lowest BCUT2D eigenvalue weighted by Crippen LogP contribution is -2.49. The van der Waals surface area contributed by atoms with Crippen molar-refractivity contribution in [1.29, 1.82) is 0 Å². The second-order valence-electron chi connectivity index (χ2n) is 5.92. The van der Waals surface area contributed by atoms with Gasteiger partial charge in [-0.25, -0.2) is 8.42 Å². The molecule has 1 heterocycles. The molecule has 0 saturated carbocycles. The van der Waals surface area contributed by atoms with E-state index < -0.39 is 27.0 Å². The molecule has 2 aromatic rings. The average Bonchev–Trinajstić information content (AvgIpc) is 2.68. The minimum atomic E-state index is -3.64. The topological polar surface area (TPSA) is 119 Å². The predicted molar refractivity (Wildman–Crippen MR) is 104 cm³/mol. The van der Waals surface area contributed by atoms with Crippen LogP contribution in [0.4, 0.5) is 17.1 Å². The van der Waals surface area contributed by atoms with Crippen molar-refractivity contribution in [2.75, 3.05) is 21.9 Å². The Bertz CT molecular complexity index is 1040. The standard InChI is InChI=1S/C17H16ClN3O6S/c1-2-28(25,26)20-10-16(27-15-6-4-3-5-14(15)20)17(22)19-13-9-11(21(23)24)7-8-12(13)18/h3-9,16H,2,10H2,1H3,(H,19,22)/t16-/m0/s1. The fourth-order valence-electron chi connectivity index (χ4n) is 2.69. The molecule has 28 heavy (non-hydrogen) atoms. The van der Waals surface area contributed by atoms with E-state index in [0.29, 0.717) is 5.69 Å². The summed E-state index contributed by atoms with van der Waals surface area (Å²) in [7, 11) is -3.64. The van der Waals surface area contributed by atoms with Crippen LogP contribution in [0, 0.1) is 10.1 Å². The van der Waals surface area contributed by atoms with Crippen LogP contribution in [0.2, 0.25) is 5.02 Å². The zero-order valence-corrected chi connectivity index (χ0v) is 16.2. The highest BCUT2D eigenvalue weighted by atomic mass is 35.5. The Hall–Kier alpha value is -2.85. The Kier molecular flexibility index (Phi) is 5.43. The Morgan fingerprint density at radius 2 is 2.07 bits per heavy atom. The molecular weight excluding hydrogens is 410 g/mol. The molecule has 0 spiro atoms. The lowest BCUT2D eigenvalue weighted by molar-refractivity contribution is -0.384. The van der Waals surface area contributed by atoms with Gasteiger partial charge in [-0.3, -0.25) is 19.2 Å². The second kappa shape index (κ2) is 7.64. The lowest BCUT2D eigenvalue weighted by atomic mass is 10.2. The van der Waals surface area contributed by atoms with Crippen LogP contribution in [0.25, 0.3) is 0 Å². The highest BCUT2D eigenvalue weighted by molar-refractivity contribution is 7.92. The number of nitro benzene ring substituents is 1. The van der Waals surface area contributed by atoms with E-state index in [2.05, 4.69) is 5.32 Å². The Morgan fingerprint density at radius 1 is 1.36 bits per heavy atom. The number of nitrogens with zero attached hydrogens (tertiary/aromatic N) is 2. The Morgan fingerprint density at radius 3 is 2.75 bits per heavy atom. The first-order valence-corrected chi connectivity index (χ1v) is 10.2. The zero-order chi connectivity index (χ0) is 20.5. The zero-order valence-electron chi connectivity index (χ0n) is 14.7. The molecule has 2 aromatic carbocycles. The fourth-order valence-corrected chi connectivity index (χ4v) is 3.98. The van der Waals surface area contributed by atoms with Crippen LogP contribution < -0.4 is 14.4 Å². The molecule has 1 atom stereocenters. The third-order valence-corrected chi connectivity index (χ3v) is 6.22. The summed E-state index contributed by atoms with van der Waals surface area (Å²) in [4.78, 5) is 23.0. The highest BCUT2D eigenvalue weighted by Gasteiger charge is 2.36. The third-order valence-electron chi connectivity index (χ3n) is 4.15. The number of hydrogen-bond acceptors (Lipinski definition) is 6. The van der Waals surface area contributed by atoms with E-state index in [4.69, 9.17) is 16.3 Å². The molecule has 11 heteroatoms. The first-order valence-electron chi connectivity index (χ1n) is 8.24. The van der Waals surface area contributed by atoms with Crippen LogP contribution in [0.15, 0.2) is 42.5 Å². The van der Waals surface area contributed by atoms with E-state index >= 15 is 0 Å². The lowest BCUT2D eigenvalue weighted by Gasteiger charge is -2.34. The van der Waals surface area contributed by atoms with E-state index in [1.54, 1.807) is 24.3 Å². The molecule has 0 fully saturated rings. The van der Waals surface area contributed by atoms with Crippen molar-refractivity contribution < 1.29 is 22.9 Å². The van der Waals surface area contributed by atoms with Gasteiger partial charge in [-0.15, -0.1) is 0 Å². The van der Waals surface area contributed by atoms with E-state index in [1.807, 2.05) is 0 Å². The number of non-ortho nitro benzene ring substituents is 1. The minimum Gasteiger partial charge on any atom is -0.476 e. The fraction of sp³-hybridized carbons (Fsp3) is 0.235. The number of nitrogens with one attached hydrogen (secondary N) is 1. The van der Waals surface area contributed by atoms with Gasteiger partial charge in [0.05, 0.1) is 33.6 Å². The summed E-state index contributed by atoms with van der Waals surface area (Å²) in [6, 6.07) is 10.1. The van der Waals surface area contributed by atoms with Gasteiger partial charge in [0, 0.05) is 12.1 Å². The van der Waals surface area contributed by atoms with Crippen LogP contribution in [-0.2, 0) is 14.8 Å². The van der Waals surface area contributed by atoms with Crippen molar-refractivity contribution in [2.24, 2.45) is 0 Å². The molecular formula is C17H16ClN3O6S. The normalized spacial score (nSPS) is 16.1. The molecule has 0 bridgehead atoms. The van der Waals surface area contributed by atoms with Crippen LogP contribution in [0.5, 0.6) is 5.75 Å². The van der Waals surface area contributed by atoms with E-state index in [9.17, 15) is 23.3 Å². The number of halogens is 1. The van der Waals surface area contributed by atoms with Gasteiger partial charge in [0.1, 0.15) is 5.75 Å². The molecule has 3 rings (SSSR count). The summed E-state index contributed by atoms with van der Waals surface area (Å²) in [5.41, 5.74) is 0.139. The van der Waals surface area contributed by atoms with Gasteiger partial charge < -0.3 is 10.1 Å². The molecule has 0 aliphatic carbocycles. The molecule has 1 N–H and O–H groups in total. The van der Waals surface area contributed by atoms with Crippen molar-refractivity contribution in [3.8, 4) is 5.75 Å². The smallest absolute Gasteiger partial charge is 0.271 e. The number of benzene rings is 2. The SMILES string of the molecule is CCS(=O)(=O)N1C[C@@H](C(=O)Nc2cc([N+](=O)[O-])ccc2Cl)Oc2ccccc21. The summed E-state index contributed by atoms with van der Waals surface area (Å²) in [5, 5.41) is 13.5. The number of carbonyl (C=O) groups excluding carboxylic acids is 1. The Balaban J connectivity index is 1.89. The monoisotopic (exact) mass is 425 g/mol. The number of sulfonamides is 1. The maximum Gasteiger partial charge on any atom is 0.271 e. The molecule has 1 amide bonds. The molecule has 9 nitrogen and oxygen atoms in total. The number of nitro groups is 1. The summed E-state index contributed by atoms with van der Waals surface area (Å²) < 4.78 is 31.7. The average molecular weight is 426 g/mol.